The lowest BCUT2D eigenvalue weighted by Crippen LogP contribution is -1.98. The van der Waals surface area contributed by atoms with Gasteiger partial charge in [0.15, 0.2) is 5.76 Å². The monoisotopic (exact) mass is 212 g/mol. The van der Waals surface area contributed by atoms with Crippen molar-refractivity contribution >= 4 is 11.3 Å². The van der Waals surface area contributed by atoms with Crippen LogP contribution in [0.5, 0.6) is 0 Å². The Balaban J connectivity index is 2.16. The normalized spacial score (nSPS) is 10.8. The second-order valence-electron chi connectivity index (χ2n) is 3.40. The Bertz CT molecular complexity index is 638. The van der Waals surface area contributed by atoms with Crippen molar-refractivity contribution in [2.75, 3.05) is 0 Å². The average Bonchev–Trinajstić information content (AvgIpc) is 2.98. The molecule has 0 saturated carbocycles. The van der Waals surface area contributed by atoms with Crippen molar-refractivity contribution in [3.8, 4) is 0 Å². The number of pyridine rings is 1. The molecule has 3 heterocycles. The Labute approximate surface area is 91.1 Å². The second-order valence-corrected chi connectivity index (χ2v) is 3.40. The maximum absolute atomic E-state index is 12.0. The Kier molecular flexibility index (Phi) is 1.86. The first-order chi connectivity index (χ1) is 7.86. The fraction of sp³-hybridized carbons (Fsp3) is 0. The highest BCUT2D eigenvalue weighted by molar-refractivity contribution is 6.11. The predicted octanol–water partition coefficient (Wildman–Crippen LogP) is 2.16. The fourth-order valence-corrected chi connectivity index (χ4v) is 1.65. The Morgan fingerprint density at radius 1 is 1.25 bits per heavy atom. The summed E-state index contributed by atoms with van der Waals surface area (Å²) in [6.07, 6.45) is 4.84. The van der Waals surface area contributed by atoms with Crippen LogP contribution in [-0.4, -0.2) is 15.4 Å². The van der Waals surface area contributed by atoms with E-state index in [2.05, 4.69) is 5.10 Å². The zero-order valence-electron chi connectivity index (χ0n) is 8.33. The van der Waals surface area contributed by atoms with Crippen LogP contribution in [0, 0.1) is 0 Å². The number of furan rings is 1. The van der Waals surface area contributed by atoms with Gasteiger partial charge >= 0.3 is 0 Å². The Morgan fingerprint density at radius 3 is 3.00 bits per heavy atom. The molecule has 3 rings (SSSR count). The van der Waals surface area contributed by atoms with Crippen LogP contribution >= 0.6 is 0 Å². The van der Waals surface area contributed by atoms with Crippen LogP contribution in [0.1, 0.15) is 16.1 Å². The molecule has 0 aliphatic rings. The molecule has 0 N–H and O–H groups in total. The van der Waals surface area contributed by atoms with Crippen LogP contribution < -0.4 is 0 Å². The van der Waals surface area contributed by atoms with Crippen molar-refractivity contribution < 1.29 is 9.21 Å². The van der Waals surface area contributed by atoms with Gasteiger partial charge in [-0.05, 0) is 24.3 Å². The number of rotatable bonds is 2. The summed E-state index contributed by atoms with van der Waals surface area (Å²) in [5, 5.41) is 4.10. The third-order valence-corrected chi connectivity index (χ3v) is 2.42. The summed E-state index contributed by atoms with van der Waals surface area (Å²) in [6.45, 7) is 0. The molecule has 0 unspecified atom stereocenters. The minimum Gasteiger partial charge on any atom is -0.461 e. The van der Waals surface area contributed by atoms with E-state index in [4.69, 9.17) is 4.42 Å². The van der Waals surface area contributed by atoms with E-state index < -0.39 is 0 Å². The molecule has 3 aromatic rings. The first-order valence-corrected chi connectivity index (χ1v) is 4.87. The van der Waals surface area contributed by atoms with Crippen molar-refractivity contribution in [1.82, 2.24) is 9.61 Å². The summed E-state index contributed by atoms with van der Waals surface area (Å²) in [6, 6.07) is 8.92. The number of hydrogen-bond donors (Lipinski definition) is 0. The molecule has 0 saturated heterocycles. The molecule has 78 valence electrons. The third kappa shape index (κ3) is 1.24. The summed E-state index contributed by atoms with van der Waals surface area (Å²) in [5.41, 5.74) is 1.33. The molecule has 0 atom stereocenters. The lowest BCUT2D eigenvalue weighted by Gasteiger charge is -1.95. The molecule has 0 amide bonds. The van der Waals surface area contributed by atoms with E-state index in [1.807, 2.05) is 18.2 Å². The lowest BCUT2D eigenvalue weighted by atomic mass is 10.1. The molecule has 4 heteroatoms. The van der Waals surface area contributed by atoms with Crippen molar-refractivity contribution in [2.24, 2.45) is 0 Å². The molecular formula is C12H8N2O2. The number of hydrogen-bond acceptors (Lipinski definition) is 3. The number of aromatic nitrogens is 2. The molecule has 16 heavy (non-hydrogen) atoms. The van der Waals surface area contributed by atoms with E-state index in [0.717, 1.165) is 5.52 Å². The number of nitrogens with zero attached hydrogens (tertiary/aromatic N) is 2. The molecule has 3 aromatic heterocycles. The van der Waals surface area contributed by atoms with Gasteiger partial charge in [0.25, 0.3) is 0 Å². The molecule has 0 spiro atoms. The first-order valence-electron chi connectivity index (χ1n) is 4.87. The van der Waals surface area contributed by atoms with E-state index >= 15 is 0 Å². The van der Waals surface area contributed by atoms with E-state index in [0.29, 0.717) is 11.3 Å². The van der Waals surface area contributed by atoms with E-state index in [1.165, 1.54) is 6.26 Å². The maximum atomic E-state index is 12.0. The lowest BCUT2D eigenvalue weighted by molar-refractivity contribution is 0.101. The third-order valence-electron chi connectivity index (χ3n) is 2.42. The minimum absolute atomic E-state index is 0.147. The van der Waals surface area contributed by atoms with Crippen molar-refractivity contribution in [2.45, 2.75) is 0 Å². The van der Waals surface area contributed by atoms with Gasteiger partial charge in [0, 0.05) is 6.20 Å². The van der Waals surface area contributed by atoms with Gasteiger partial charge < -0.3 is 4.42 Å². The smallest absolute Gasteiger partial charge is 0.231 e. The summed E-state index contributed by atoms with van der Waals surface area (Å²) in [7, 11) is 0. The standard InChI is InChI=1S/C12H8N2O2/c15-12(11-5-3-7-16-11)9-8-13-14-6-2-1-4-10(9)14/h1-8H. The van der Waals surface area contributed by atoms with Gasteiger partial charge in [-0.25, -0.2) is 4.52 Å². The van der Waals surface area contributed by atoms with Gasteiger partial charge in [0.05, 0.1) is 23.5 Å². The molecule has 0 aliphatic heterocycles. The van der Waals surface area contributed by atoms with Crippen LogP contribution in [0.3, 0.4) is 0 Å². The number of fused-ring (bicyclic) bond motifs is 1. The predicted molar refractivity (Wildman–Crippen MR) is 57.3 cm³/mol. The number of carbonyl (C=O) groups excluding carboxylic acids is 1. The Hall–Kier alpha value is -2.36. The maximum Gasteiger partial charge on any atom is 0.231 e. The van der Waals surface area contributed by atoms with Crippen molar-refractivity contribution in [3.63, 3.8) is 0 Å². The van der Waals surface area contributed by atoms with Crippen LogP contribution in [-0.2, 0) is 0 Å². The van der Waals surface area contributed by atoms with Gasteiger partial charge in [-0.1, -0.05) is 6.07 Å². The van der Waals surface area contributed by atoms with E-state index in [-0.39, 0.29) is 5.78 Å². The van der Waals surface area contributed by atoms with Crippen molar-refractivity contribution in [1.29, 1.82) is 0 Å². The molecule has 0 aromatic carbocycles. The minimum atomic E-state index is -0.147. The van der Waals surface area contributed by atoms with Gasteiger partial charge in [-0.15, -0.1) is 0 Å². The van der Waals surface area contributed by atoms with Gasteiger partial charge in [-0.2, -0.15) is 5.10 Å². The Morgan fingerprint density at radius 2 is 2.19 bits per heavy atom. The van der Waals surface area contributed by atoms with Crippen LogP contribution in [0.25, 0.3) is 5.52 Å². The fourth-order valence-electron chi connectivity index (χ4n) is 1.65. The van der Waals surface area contributed by atoms with Crippen LogP contribution in [0.15, 0.2) is 53.4 Å². The highest BCUT2D eigenvalue weighted by Gasteiger charge is 2.16. The van der Waals surface area contributed by atoms with Gasteiger partial charge in [0.1, 0.15) is 0 Å². The molecule has 0 fully saturated rings. The summed E-state index contributed by atoms with van der Waals surface area (Å²) in [5.74, 6) is 0.185. The number of ketones is 1. The first kappa shape index (κ1) is 8.91. The molecule has 0 radical (unpaired) electrons. The molecule has 0 aliphatic carbocycles. The molecule has 0 bridgehead atoms. The summed E-state index contributed by atoms with van der Waals surface area (Å²) < 4.78 is 6.74. The average molecular weight is 212 g/mol. The molecule has 4 nitrogen and oxygen atoms in total. The van der Waals surface area contributed by atoms with Crippen LogP contribution in [0.2, 0.25) is 0 Å². The SMILES string of the molecule is O=C(c1ccco1)c1cnn2ccccc12. The van der Waals surface area contributed by atoms with Gasteiger partial charge in [-0.3, -0.25) is 4.79 Å². The van der Waals surface area contributed by atoms with Crippen LogP contribution in [0.4, 0.5) is 0 Å². The second kappa shape index (κ2) is 3.34. The van der Waals surface area contributed by atoms with E-state index in [9.17, 15) is 4.79 Å². The summed E-state index contributed by atoms with van der Waals surface area (Å²) >= 11 is 0. The molecular weight excluding hydrogens is 204 g/mol. The largest absolute Gasteiger partial charge is 0.461 e. The zero-order valence-corrected chi connectivity index (χ0v) is 8.33. The summed E-state index contributed by atoms with van der Waals surface area (Å²) in [4.78, 5) is 12.0. The van der Waals surface area contributed by atoms with Crippen molar-refractivity contribution in [3.05, 3.63) is 60.3 Å². The quantitative estimate of drug-likeness (QED) is 0.611. The van der Waals surface area contributed by atoms with Gasteiger partial charge in [0.2, 0.25) is 5.78 Å². The highest BCUT2D eigenvalue weighted by Crippen LogP contribution is 2.15. The highest BCUT2D eigenvalue weighted by atomic mass is 16.3. The number of carbonyl (C=O) groups is 1. The zero-order chi connectivity index (χ0) is 11.0. The topological polar surface area (TPSA) is 47.5 Å². The van der Waals surface area contributed by atoms with E-state index in [1.54, 1.807) is 29.0 Å².